The normalized spacial score (nSPS) is 10.8. The molecule has 0 aliphatic rings. The van der Waals surface area contributed by atoms with Crippen LogP contribution in [0.5, 0.6) is 0 Å². The molecule has 9 heteroatoms. The van der Waals surface area contributed by atoms with E-state index >= 15 is 0 Å². The second-order valence-electron chi connectivity index (χ2n) is 5.15. The molecular weight excluding hydrogens is 334 g/mol. The van der Waals surface area contributed by atoms with Gasteiger partial charge >= 0.3 is 5.69 Å². The molecule has 1 aromatic heterocycles. The molecule has 1 heterocycles. The third-order valence-corrected chi connectivity index (χ3v) is 3.84. The van der Waals surface area contributed by atoms with Crippen molar-refractivity contribution in [3.63, 3.8) is 0 Å². The Morgan fingerprint density at radius 3 is 2.67 bits per heavy atom. The topological polar surface area (TPSA) is 95.8 Å². The Bertz CT molecular complexity index is 979. The molecule has 0 spiro atoms. The number of nitro groups is 1. The number of nitrogens with zero attached hydrogens (tertiary/aromatic N) is 5. The quantitative estimate of drug-likeness (QED) is 0.534. The highest BCUT2D eigenvalue weighted by molar-refractivity contribution is 6.32. The van der Waals surface area contributed by atoms with Crippen LogP contribution in [0.4, 0.5) is 5.69 Å². The average molecular weight is 346 g/mol. The Hall–Kier alpha value is -3.00. The number of aromatic nitrogens is 4. The van der Waals surface area contributed by atoms with Crippen LogP contribution in [0.3, 0.4) is 0 Å². The van der Waals surface area contributed by atoms with Crippen molar-refractivity contribution >= 4 is 17.3 Å². The van der Waals surface area contributed by atoms with E-state index in [0.717, 1.165) is 5.56 Å². The molecule has 0 aliphatic heterocycles. The minimum atomic E-state index is -0.536. The molecule has 0 atom stereocenters. The van der Waals surface area contributed by atoms with Gasteiger partial charge in [0.05, 0.1) is 16.5 Å². The van der Waals surface area contributed by atoms with E-state index in [2.05, 4.69) is 10.3 Å². The Kier molecular flexibility index (Phi) is 4.13. The van der Waals surface area contributed by atoms with Crippen LogP contribution >= 0.6 is 11.6 Å². The van der Waals surface area contributed by atoms with Gasteiger partial charge in [0.25, 0.3) is 5.69 Å². The largest absolute Gasteiger partial charge is 0.384 e. The Morgan fingerprint density at radius 1 is 1.25 bits per heavy atom. The zero-order valence-corrected chi connectivity index (χ0v) is 13.3. The number of rotatable bonds is 4. The first-order valence-electron chi connectivity index (χ1n) is 6.99. The molecule has 24 heavy (non-hydrogen) atoms. The summed E-state index contributed by atoms with van der Waals surface area (Å²) in [6, 6.07) is 11.6. The molecule has 122 valence electrons. The number of benzene rings is 2. The lowest BCUT2D eigenvalue weighted by molar-refractivity contribution is -0.385. The van der Waals surface area contributed by atoms with E-state index < -0.39 is 10.6 Å². The molecule has 3 aromatic rings. The zero-order valence-electron chi connectivity index (χ0n) is 12.6. The van der Waals surface area contributed by atoms with Crippen LogP contribution in [-0.2, 0) is 6.54 Å². The SMILES string of the molecule is Cc1cc(Cn2c(=O)nnn2-c2ccccc2Cl)ccc1[N+](=O)[O-]. The van der Waals surface area contributed by atoms with Crippen LogP contribution in [0.25, 0.3) is 5.69 Å². The van der Waals surface area contributed by atoms with Crippen LogP contribution in [0.1, 0.15) is 11.1 Å². The van der Waals surface area contributed by atoms with E-state index in [4.69, 9.17) is 11.6 Å². The van der Waals surface area contributed by atoms with Crippen molar-refractivity contribution in [2.24, 2.45) is 0 Å². The Balaban J connectivity index is 2.02. The monoisotopic (exact) mass is 345 g/mol. The predicted molar refractivity (Wildman–Crippen MR) is 87.6 cm³/mol. The highest BCUT2D eigenvalue weighted by Gasteiger charge is 2.14. The van der Waals surface area contributed by atoms with E-state index in [0.29, 0.717) is 16.3 Å². The first-order valence-corrected chi connectivity index (χ1v) is 7.37. The molecule has 2 aromatic carbocycles. The zero-order chi connectivity index (χ0) is 17.3. The summed E-state index contributed by atoms with van der Waals surface area (Å²) in [6.07, 6.45) is 0. The third-order valence-electron chi connectivity index (χ3n) is 3.52. The van der Waals surface area contributed by atoms with Gasteiger partial charge in [0.2, 0.25) is 0 Å². The number of hydrogen-bond donors (Lipinski definition) is 0. The van der Waals surface area contributed by atoms with Crippen LogP contribution in [-0.4, -0.2) is 24.7 Å². The van der Waals surface area contributed by atoms with Gasteiger partial charge in [-0.1, -0.05) is 34.9 Å². The number of nitro benzene ring substituents is 1. The maximum Gasteiger partial charge on any atom is 0.384 e. The maximum absolute atomic E-state index is 12.0. The van der Waals surface area contributed by atoms with Gasteiger partial charge < -0.3 is 0 Å². The smallest absolute Gasteiger partial charge is 0.258 e. The third kappa shape index (κ3) is 2.91. The lowest BCUT2D eigenvalue weighted by Gasteiger charge is -2.10. The fourth-order valence-corrected chi connectivity index (χ4v) is 2.59. The van der Waals surface area contributed by atoms with Crippen LogP contribution in [0.2, 0.25) is 5.02 Å². The molecule has 3 rings (SSSR count). The fourth-order valence-electron chi connectivity index (χ4n) is 2.38. The van der Waals surface area contributed by atoms with Crippen molar-refractivity contribution in [2.45, 2.75) is 13.5 Å². The number of halogens is 1. The van der Waals surface area contributed by atoms with E-state index in [-0.39, 0.29) is 12.2 Å². The number of para-hydroxylation sites is 1. The summed E-state index contributed by atoms with van der Waals surface area (Å²) in [4.78, 5) is 23.8. The molecule has 0 amide bonds. The van der Waals surface area contributed by atoms with Gasteiger partial charge in [-0.3, -0.25) is 10.1 Å². The summed E-state index contributed by atoms with van der Waals surface area (Å²) in [6.45, 7) is 1.81. The van der Waals surface area contributed by atoms with E-state index in [9.17, 15) is 14.9 Å². The van der Waals surface area contributed by atoms with E-state index in [1.807, 2.05) is 0 Å². The lowest BCUT2D eigenvalue weighted by Crippen LogP contribution is -2.24. The van der Waals surface area contributed by atoms with Crippen molar-refractivity contribution in [1.82, 2.24) is 19.8 Å². The van der Waals surface area contributed by atoms with Crippen molar-refractivity contribution in [2.75, 3.05) is 0 Å². The molecule has 0 saturated carbocycles. The highest BCUT2D eigenvalue weighted by Crippen LogP contribution is 2.20. The second kappa shape index (κ2) is 6.25. The Labute approximate surface area is 141 Å². The summed E-state index contributed by atoms with van der Waals surface area (Å²) < 4.78 is 1.31. The molecule has 0 bridgehead atoms. The maximum atomic E-state index is 12.0. The predicted octanol–water partition coefficient (Wildman–Crippen LogP) is 2.35. The molecule has 0 aliphatic carbocycles. The highest BCUT2D eigenvalue weighted by atomic mass is 35.5. The first kappa shape index (κ1) is 15.9. The van der Waals surface area contributed by atoms with Crippen LogP contribution in [0.15, 0.2) is 47.3 Å². The Morgan fingerprint density at radius 2 is 2.00 bits per heavy atom. The number of hydrogen-bond acceptors (Lipinski definition) is 5. The van der Waals surface area contributed by atoms with Gasteiger partial charge in [-0.25, -0.2) is 9.48 Å². The molecular formula is C15H12ClN5O3. The van der Waals surface area contributed by atoms with Crippen molar-refractivity contribution in [3.8, 4) is 5.69 Å². The van der Waals surface area contributed by atoms with Gasteiger partial charge in [-0.05, 0) is 35.9 Å². The minimum absolute atomic E-state index is 0.0313. The number of tetrazole rings is 1. The van der Waals surface area contributed by atoms with Crippen molar-refractivity contribution < 1.29 is 4.92 Å². The van der Waals surface area contributed by atoms with E-state index in [1.165, 1.54) is 15.5 Å². The second-order valence-corrected chi connectivity index (χ2v) is 5.56. The van der Waals surface area contributed by atoms with Gasteiger partial charge in [0.1, 0.15) is 5.69 Å². The van der Waals surface area contributed by atoms with E-state index in [1.54, 1.807) is 43.3 Å². The fraction of sp³-hybridized carbons (Fsp3) is 0.133. The van der Waals surface area contributed by atoms with Crippen LogP contribution < -0.4 is 5.69 Å². The summed E-state index contributed by atoms with van der Waals surface area (Å²) in [7, 11) is 0. The summed E-state index contributed by atoms with van der Waals surface area (Å²) in [5, 5.41) is 18.7. The summed E-state index contributed by atoms with van der Waals surface area (Å²) in [5.74, 6) is 0. The molecule has 0 N–H and O–H groups in total. The summed E-state index contributed by atoms with van der Waals surface area (Å²) in [5.41, 5.74) is 1.25. The average Bonchev–Trinajstić information content (AvgIpc) is 2.88. The van der Waals surface area contributed by atoms with Gasteiger partial charge in [-0.15, -0.1) is 4.80 Å². The van der Waals surface area contributed by atoms with Gasteiger partial charge in [0, 0.05) is 11.6 Å². The minimum Gasteiger partial charge on any atom is -0.258 e. The standard InChI is InChI=1S/C15H12ClN5O3/c1-10-8-11(6-7-13(10)21(23)24)9-19-15(22)17-18-20(19)14-5-3-2-4-12(14)16/h2-8H,9H2,1H3. The number of aryl methyl sites for hydroxylation is 1. The lowest BCUT2D eigenvalue weighted by atomic mass is 10.1. The first-order chi connectivity index (χ1) is 11.5. The summed E-state index contributed by atoms with van der Waals surface area (Å²) >= 11 is 6.14. The molecule has 0 unspecified atom stereocenters. The van der Waals surface area contributed by atoms with Gasteiger partial charge in [0.15, 0.2) is 0 Å². The molecule has 0 fully saturated rings. The van der Waals surface area contributed by atoms with Gasteiger partial charge in [-0.2, -0.15) is 0 Å². The molecule has 8 nitrogen and oxygen atoms in total. The van der Waals surface area contributed by atoms with Crippen LogP contribution in [0, 0.1) is 17.0 Å². The molecule has 0 radical (unpaired) electrons. The molecule has 0 saturated heterocycles. The van der Waals surface area contributed by atoms with Crippen molar-refractivity contribution in [1.29, 1.82) is 0 Å². The van der Waals surface area contributed by atoms with Crippen molar-refractivity contribution in [3.05, 3.63) is 79.2 Å².